The Bertz CT molecular complexity index is 477. The molecule has 18 heavy (non-hydrogen) atoms. The number of nitroso groups, excluding NO2 is 1. The fourth-order valence-corrected chi connectivity index (χ4v) is 1.09. The maximum absolute atomic E-state index is 13.3. The van der Waals surface area contributed by atoms with E-state index in [1.54, 1.807) is 0 Å². The van der Waals surface area contributed by atoms with E-state index >= 15 is 0 Å². The zero-order valence-corrected chi connectivity index (χ0v) is 9.49. The van der Waals surface area contributed by atoms with Crippen LogP contribution in [0.25, 0.3) is 0 Å². The number of amides is 1. The first-order valence-electron chi connectivity index (χ1n) is 4.69. The standard InChI is InChI=1S/C10H9F3N2O3/c1-15(2)9(16)10(12,13)18-8-5-6(11)3-4-7(8)14-17/h3-5H,1-2H3. The third kappa shape index (κ3) is 2.96. The fourth-order valence-electron chi connectivity index (χ4n) is 1.09. The van der Waals surface area contributed by atoms with E-state index in [4.69, 9.17) is 0 Å². The minimum Gasteiger partial charge on any atom is -0.423 e. The molecule has 0 saturated carbocycles. The topological polar surface area (TPSA) is 59.0 Å². The molecule has 0 saturated heterocycles. The Morgan fingerprint density at radius 2 is 2.00 bits per heavy atom. The van der Waals surface area contributed by atoms with Gasteiger partial charge in [-0.1, -0.05) is 0 Å². The van der Waals surface area contributed by atoms with Crippen molar-refractivity contribution >= 4 is 11.6 Å². The molecule has 0 aromatic heterocycles. The van der Waals surface area contributed by atoms with Crippen LogP contribution < -0.4 is 4.74 Å². The smallest absolute Gasteiger partial charge is 0.423 e. The molecule has 1 aromatic rings. The van der Waals surface area contributed by atoms with Crippen molar-refractivity contribution in [1.82, 2.24) is 4.90 Å². The number of halogens is 3. The van der Waals surface area contributed by atoms with Crippen molar-refractivity contribution in [2.45, 2.75) is 6.11 Å². The number of nitrogens with zero attached hydrogens (tertiary/aromatic N) is 2. The van der Waals surface area contributed by atoms with Gasteiger partial charge in [-0.2, -0.15) is 8.78 Å². The van der Waals surface area contributed by atoms with E-state index in [1.807, 2.05) is 0 Å². The highest BCUT2D eigenvalue weighted by Gasteiger charge is 2.44. The molecule has 5 nitrogen and oxygen atoms in total. The number of hydrogen-bond acceptors (Lipinski definition) is 4. The Hall–Kier alpha value is -2.12. The normalized spacial score (nSPS) is 10.9. The molecule has 0 bridgehead atoms. The molecular weight excluding hydrogens is 253 g/mol. The van der Waals surface area contributed by atoms with Gasteiger partial charge in [-0.3, -0.25) is 4.79 Å². The SMILES string of the molecule is CN(C)C(=O)C(F)(F)Oc1cc(F)ccc1N=O. The molecule has 1 aromatic carbocycles. The number of benzene rings is 1. The third-order valence-electron chi connectivity index (χ3n) is 1.91. The number of alkyl halides is 2. The molecule has 1 rings (SSSR count). The van der Waals surface area contributed by atoms with Crippen LogP contribution in [0.4, 0.5) is 18.9 Å². The van der Waals surface area contributed by atoms with Crippen molar-refractivity contribution in [1.29, 1.82) is 0 Å². The van der Waals surface area contributed by atoms with Gasteiger partial charge in [0.1, 0.15) is 11.5 Å². The van der Waals surface area contributed by atoms with Gasteiger partial charge in [-0.25, -0.2) is 4.39 Å². The minimum absolute atomic E-state index is 0.525. The number of carbonyl (C=O) groups is 1. The number of hydrogen-bond donors (Lipinski definition) is 0. The summed E-state index contributed by atoms with van der Waals surface area (Å²) < 4.78 is 43.6. The van der Waals surface area contributed by atoms with Gasteiger partial charge in [0.15, 0.2) is 5.75 Å². The van der Waals surface area contributed by atoms with Crippen LogP contribution in [-0.4, -0.2) is 31.0 Å². The zero-order valence-electron chi connectivity index (χ0n) is 9.49. The second kappa shape index (κ2) is 5.03. The monoisotopic (exact) mass is 262 g/mol. The lowest BCUT2D eigenvalue weighted by Crippen LogP contribution is -2.43. The molecule has 1 amide bonds. The van der Waals surface area contributed by atoms with Crippen molar-refractivity contribution < 1.29 is 22.7 Å². The van der Waals surface area contributed by atoms with Crippen molar-refractivity contribution in [3.05, 3.63) is 28.9 Å². The number of carbonyl (C=O) groups excluding carboxylic acids is 1. The summed E-state index contributed by atoms with van der Waals surface area (Å²) in [7, 11) is 2.20. The fraction of sp³-hybridized carbons (Fsp3) is 0.300. The van der Waals surface area contributed by atoms with Gasteiger partial charge >= 0.3 is 12.0 Å². The minimum atomic E-state index is -4.21. The van der Waals surface area contributed by atoms with E-state index in [0.29, 0.717) is 11.0 Å². The van der Waals surface area contributed by atoms with Gasteiger partial charge in [0, 0.05) is 20.2 Å². The molecule has 0 aliphatic carbocycles. The Morgan fingerprint density at radius 1 is 1.39 bits per heavy atom. The van der Waals surface area contributed by atoms with Crippen LogP contribution in [0.15, 0.2) is 23.4 Å². The predicted molar refractivity (Wildman–Crippen MR) is 56.1 cm³/mol. The lowest BCUT2D eigenvalue weighted by molar-refractivity contribution is -0.201. The molecule has 98 valence electrons. The summed E-state index contributed by atoms with van der Waals surface area (Å²) in [5, 5.41) is 2.40. The summed E-state index contributed by atoms with van der Waals surface area (Å²) in [4.78, 5) is 22.0. The van der Waals surface area contributed by atoms with Crippen LogP contribution in [0.1, 0.15) is 0 Å². The lowest BCUT2D eigenvalue weighted by Gasteiger charge is -2.20. The molecule has 0 atom stereocenters. The molecule has 0 radical (unpaired) electrons. The van der Waals surface area contributed by atoms with Gasteiger partial charge in [0.25, 0.3) is 0 Å². The van der Waals surface area contributed by atoms with Crippen LogP contribution in [-0.2, 0) is 4.79 Å². The Balaban J connectivity index is 3.06. The van der Waals surface area contributed by atoms with E-state index in [2.05, 4.69) is 9.91 Å². The molecule has 0 aliphatic rings. The highest BCUT2D eigenvalue weighted by molar-refractivity contribution is 5.82. The van der Waals surface area contributed by atoms with Crippen molar-refractivity contribution in [2.24, 2.45) is 5.18 Å². The van der Waals surface area contributed by atoms with E-state index in [-0.39, 0.29) is 0 Å². The van der Waals surface area contributed by atoms with Crippen molar-refractivity contribution in [2.75, 3.05) is 14.1 Å². The Morgan fingerprint density at radius 3 is 2.50 bits per heavy atom. The zero-order chi connectivity index (χ0) is 13.9. The molecule has 0 spiro atoms. The summed E-state index contributed by atoms with van der Waals surface area (Å²) in [6.07, 6.45) is -4.21. The molecule has 8 heteroatoms. The first kappa shape index (κ1) is 13.9. The highest BCUT2D eigenvalue weighted by Crippen LogP contribution is 2.32. The van der Waals surface area contributed by atoms with Crippen molar-refractivity contribution in [3.8, 4) is 5.75 Å². The second-order valence-corrected chi connectivity index (χ2v) is 3.52. The van der Waals surface area contributed by atoms with Crippen LogP contribution in [0.2, 0.25) is 0 Å². The first-order chi connectivity index (χ1) is 8.27. The summed E-state index contributed by atoms with van der Waals surface area (Å²) in [5.74, 6) is -3.33. The number of likely N-dealkylation sites (N-methyl/N-ethyl adjacent to an activating group) is 1. The second-order valence-electron chi connectivity index (χ2n) is 3.52. The summed E-state index contributed by atoms with van der Waals surface area (Å²) in [6, 6.07) is 2.27. The van der Waals surface area contributed by atoms with Gasteiger partial charge in [-0.15, -0.1) is 4.91 Å². The van der Waals surface area contributed by atoms with E-state index in [1.165, 1.54) is 0 Å². The highest BCUT2D eigenvalue weighted by atomic mass is 19.3. The molecule has 0 fully saturated rings. The third-order valence-corrected chi connectivity index (χ3v) is 1.91. The van der Waals surface area contributed by atoms with Gasteiger partial charge in [0.05, 0.1) is 0 Å². The molecular formula is C10H9F3N2O3. The van der Waals surface area contributed by atoms with Crippen LogP contribution in [0, 0.1) is 10.7 Å². The quantitative estimate of drug-likeness (QED) is 0.782. The maximum atomic E-state index is 13.3. The molecule has 0 heterocycles. The average molecular weight is 262 g/mol. The first-order valence-corrected chi connectivity index (χ1v) is 4.69. The van der Waals surface area contributed by atoms with Crippen molar-refractivity contribution in [3.63, 3.8) is 0 Å². The largest absolute Gasteiger partial charge is 0.482 e. The molecule has 0 aliphatic heterocycles. The van der Waals surface area contributed by atoms with Crippen LogP contribution in [0.5, 0.6) is 5.75 Å². The molecule has 0 N–H and O–H groups in total. The number of rotatable bonds is 4. The lowest BCUT2D eigenvalue weighted by atomic mass is 10.3. The van der Waals surface area contributed by atoms with E-state index in [9.17, 15) is 22.9 Å². The van der Waals surface area contributed by atoms with Gasteiger partial charge < -0.3 is 9.64 Å². The Kier molecular flexibility index (Phi) is 3.89. The van der Waals surface area contributed by atoms with Crippen LogP contribution in [0.3, 0.4) is 0 Å². The molecule has 0 unspecified atom stereocenters. The maximum Gasteiger partial charge on any atom is 0.482 e. The van der Waals surface area contributed by atoms with E-state index in [0.717, 1.165) is 26.2 Å². The van der Waals surface area contributed by atoms with Gasteiger partial charge in [-0.05, 0) is 17.3 Å². The van der Waals surface area contributed by atoms with Crippen LogP contribution >= 0.6 is 0 Å². The van der Waals surface area contributed by atoms with Gasteiger partial charge in [0.2, 0.25) is 0 Å². The average Bonchev–Trinajstić information content (AvgIpc) is 2.27. The predicted octanol–water partition coefficient (Wildman–Crippen LogP) is 2.28. The Labute approximate surface area is 100 Å². The number of ether oxygens (including phenoxy) is 1. The van der Waals surface area contributed by atoms with E-state index < -0.39 is 29.3 Å². The summed E-state index contributed by atoms with van der Waals surface area (Å²) in [6.45, 7) is 0. The summed E-state index contributed by atoms with van der Waals surface area (Å²) >= 11 is 0. The summed E-state index contributed by atoms with van der Waals surface area (Å²) in [5.41, 5.74) is -0.525.